The lowest BCUT2D eigenvalue weighted by Crippen LogP contribution is -2.11. The number of carbonyl (C=O) groups is 1. The summed E-state index contributed by atoms with van der Waals surface area (Å²) in [4.78, 5) is 12.2. The molecular formula is C31H52O5. The molecule has 0 spiro atoms. The fourth-order valence-electron chi connectivity index (χ4n) is 3.66. The van der Waals surface area contributed by atoms with Crippen molar-refractivity contribution < 1.29 is 23.7 Å². The Hall–Kier alpha value is -2.17. The van der Waals surface area contributed by atoms with Crippen molar-refractivity contribution in [3.8, 4) is 17.2 Å². The van der Waals surface area contributed by atoms with E-state index in [1.165, 1.54) is 44.6 Å². The van der Waals surface area contributed by atoms with Crippen molar-refractivity contribution >= 4 is 12.0 Å². The average molecular weight is 505 g/mol. The number of unbranched alkanes of at least 4 members (excludes halogenated alkanes) is 9. The van der Waals surface area contributed by atoms with Crippen LogP contribution in [0, 0.1) is 0 Å². The predicted molar refractivity (Wildman–Crippen MR) is 150 cm³/mol. The van der Waals surface area contributed by atoms with Crippen molar-refractivity contribution in [2.24, 2.45) is 0 Å². The highest BCUT2D eigenvalue weighted by atomic mass is 16.5. The molecule has 1 atom stereocenters. The maximum absolute atomic E-state index is 12.2. The summed E-state index contributed by atoms with van der Waals surface area (Å²) in [5.41, 5.74) is 0.835. The fraction of sp³-hybridized carbons (Fsp3) is 0.710. The Bertz CT molecular complexity index is 693. The summed E-state index contributed by atoms with van der Waals surface area (Å²) in [6.45, 7) is 12.4. The minimum Gasteiger partial charge on any atom is -0.490 e. The Morgan fingerprint density at radius 3 is 1.64 bits per heavy atom. The number of hydrogen-bond acceptors (Lipinski definition) is 5. The molecule has 0 N–H and O–H groups in total. The van der Waals surface area contributed by atoms with E-state index in [9.17, 15) is 4.79 Å². The molecule has 0 amide bonds. The van der Waals surface area contributed by atoms with E-state index in [-0.39, 0.29) is 12.1 Å². The number of carbonyl (C=O) groups excluding carboxylic acids is 1. The molecule has 1 rings (SSSR count). The Labute approximate surface area is 220 Å². The van der Waals surface area contributed by atoms with Gasteiger partial charge in [-0.2, -0.15) is 0 Å². The molecule has 1 aromatic carbocycles. The molecule has 0 heterocycles. The maximum Gasteiger partial charge on any atom is 0.331 e. The van der Waals surface area contributed by atoms with E-state index < -0.39 is 0 Å². The van der Waals surface area contributed by atoms with E-state index >= 15 is 0 Å². The zero-order valence-corrected chi connectivity index (χ0v) is 23.7. The van der Waals surface area contributed by atoms with Crippen LogP contribution in [0.5, 0.6) is 17.2 Å². The molecule has 0 aliphatic rings. The minimum absolute atomic E-state index is 0.102. The largest absolute Gasteiger partial charge is 0.490 e. The van der Waals surface area contributed by atoms with Gasteiger partial charge in [-0.1, -0.05) is 85.5 Å². The van der Waals surface area contributed by atoms with Crippen molar-refractivity contribution in [3.63, 3.8) is 0 Å². The first-order valence-electron chi connectivity index (χ1n) is 14.5. The second-order valence-electron chi connectivity index (χ2n) is 9.56. The lowest BCUT2D eigenvalue weighted by atomic mass is 10.1. The van der Waals surface area contributed by atoms with E-state index in [1.807, 2.05) is 26.0 Å². The van der Waals surface area contributed by atoms with Crippen molar-refractivity contribution in [1.29, 1.82) is 0 Å². The molecule has 0 saturated heterocycles. The van der Waals surface area contributed by atoms with Crippen LogP contribution in [0.4, 0.5) is 0 Å². The first-order chi connectivity index (χ1) is 17.5. The van der Waals surface area contributed by atoms with Gasteiger partial charge in [0.1, 0.15) is 0 Å². The summed E-state index contributed by atoms with van der Waals surface area (Å²) >= 11 is 0. The monoisotopic (exact) mass is 504 g/mol. The van der Waals surface area contributed by atoms with Crippen LogP contribution in [0.3, 0.4) is 0 Å². The van der Waals surface area contributed by atoms with Gasteiger partial charge in [-0.3, -0.25) is 0 Å². The Balaban J connectivity index is 3.10. The van der Waals surface area contributed by atoms with Crippen LogP contribution in [0.2, 0.25) is 0 Å². The van der Waals surface area contributed by atoms with Crippen LogP contribution in [0.1, 0.15) is 124 Å². The third-order valence-electron chi connectivity index (χ3n) is 6.10. The van der Waals surface area contributed by atoms with Gasteiger partial charge in [0, 0.05) is 6.08 Å². The van der Waals surface area contributed by atoms with Crippen molar-refractivity contribution in [2.75, 3.05) is 19.8 Å². The average Bonchev–Trinajstić information content (AvgIpc) is 2.87. The zero-order chi connectivity index (χ0) is 26.4. The first-order valence-corrected chi connectivity index (χ1v) is 14.5. The van der Waals surface area contributed by atoms with Crippen molar-refractivity contribution in [1.82, 2.24) is 0 Å². The van der Waals surface area contributed by atoms with Crippen LogP contribution in [-0.4, -0.2) is 31.9 Å². The summed E-state index contributed by atoms with van der Waals surface area (Å²) < 4.78 is 24.1. The molecule has 206 valence electrons. The molecule has 0 aliphatic carbocycles. The molecule has 0 aromatic heterocycles. The van der Waals surface area contributed by atoms with Crippen molar-refractivity contribution in [3.05, 3.63) is 23.8 Å². The Morgan fingerprint density at radius 1 is 0.722 bits per heavy atom. The van der Waals surface area contributed by atoms with Gasteiger partial charge in [0.15, 0.2) is 11.5 Å². The van der Waals surface area contributed by atoms with Gasteiger partial charge in [-0.15, -0.1) is 0 Å². The fourth-order valence-corrected chi connectivity index (χ4v) is 3.66. The van der Waals surface area contributed by atoms with Crippen LogP contribution in [0.25, 0.3) is 6.08 Å². The number of ether oxygens (including phenoxy) is 4. The SMILES string of the molecule is CCCCCCOc1cc(C=CC(=O)OC(C)CC)cc(OCCCCCC)c1OCCCCCC. The standard InChI is InChI=1S/C31H52O5/c1-6-10-13-16-21-33-28-24-27(19-20-30(32)36-26(5)9-4)25-29(34-22-17-14-11-7-2)31(28)35-23-18-15-12-8-3/h19-20,24-26H,6-18,21-23H2,1-5H3. The van der Waals surface area contributed by atoms with Gasteiger partial charge >= 0.3 is 5.97 Å². The van der Waals surface area contributed by atoms with E-state index in [4.69, 9.17) is 18.9 Å². The molecule has 0 fully saturated rings. The molecule has 1 aromatic rings. The summed E-state index contributed by atoms with van der Waals surface area (Å²) in [7, 11) is 0. The smallest absolute Gasteiger partial charge is 0.331 e. The first kappa shape index (κ1) is 31.9. The third kappa shape index (κ3) is 14.4. The highest BCUT2D eigenvalue weighted by molar-refractivity contribution is 5.87. The quantitative estimate of drug-likeness (QED) is 0.0896. The summed E-state index contributed by atoms with van der Waals surface area (Å²) in [6, 6.07) is 3.89. The predicted octanol–water partition coefficient (Wildman–Crippen LogP) is 8.92. The lowest BCUT2D eigenvalue weighted by molar-refractivity contribution is -0.142. The van der Waals surface area contributed by atoms with Gasteiger partial charge < -0.3 is 18.9 Å². The minimum atomic E-state index is -0.343. The molecule has 5 nitrogen and oxygen atoms in total. The van der Waals surface area contributed by atoms with Gasteiger partial charge in [0.2, 0.25) is 5.75 Å². The van der Waals surface area contributed by atoms with Crippen LogP contribution in [-0.2, 0) is 9.53 Å². The van der Waals surface area contributed by atoms with Crippen LogP contribution < -0.4 is 14.2 Å². The normalized spacial score (nSPS) is 12.0. The maximum atomic E-state index is 12.2. The van der Waals surface area contributed by atoms with E-state index in [2.05, 4.69) is 20.8 Å². The summed E-state index contributed by atoms with van der Waals surface area (Å²) in [5.74, 6) is 1.70. The van der Waals surface area contributed by atoms with Gasteiger partial charge in [-0.05, 0) is 56.4 Å². The summed E-state index contributed by atoms with van der Waals surface area (Å²) in [6.07, 6.45) is 17.6. The van der Waals surface area contributed by atoms with Crippen LogP contribution in [0.15, 0.2) is 18.2 Å². The van der Waals surface area contributed by atoms with Crippen LogP contribution >= 0.6 is 0 Å². The third-order valence-corrected chi connectivity index (χ3v) is 6.10. The zero-order valence-electron chi connectivity index (χ0n) is 23.7. The lowest BCUT2D eigenvalue weighted by Gasteiger charge is -2.18. The number of hydrogen-bond donors (Lipinski definition) is 0. The molecule has 0 radical (unpaired) electrons. The van der Waals surface area contributed by atoms with E-state index in [0.29, 0.717) is 37.1 Å². The molecule has 0 saturated carbocycles. The molecule has 0 aliphatic heterocycles. The van der Waals surface area contributed by atoms with E-state index in [1.54, 1.807) is 6.08 Å². The Kier molecular flexibility index (Phi) is 18.6. The second-order valence-corrected chi connectivity index (χ2v) is 9.56. The van der Waals surface area contributed by atoms with Gasteiger partial charge in [0.05, 0.1) is 25.9 Å². The highest BCUT2D eigenvalue weighted by Crippen LogP contribution is 2.40. The molecule has 5 heteroatoms. The Morgan fingerprint density at radius 2 is 1.19 bits per heavy atom. The topological polar surface area (TPSA) is 54.0 Å². The summed E-state index contributed by atoms with van der Waals surface area (Å²) in [5, 5.41) is 0. The number of benzene rings is 1. The molecule has 0 bridgehead atoms. The van der Waals surface area contributed by atoms with E-state index in [0.717, 1.165) is 50.5 Å². The molecular weight excluding hydrogens is 452 g/mol. The molecule has 1 unspecified atom stereocenters. The van der Waals surface area contributed by atoms with Crippen molar-refractivity contribution in [2.45, 2.75) is 124 Å². The molecule has 36 heavy (non-hydrogen) atoms. The van der Waals surface area contributed by atoms with Gasteiger partial charge in [-0.25, -0.2) is 4.79 Å². The second kappa shape index (κ2) is 21.0. The number of rotatable bonds is 22. The van der Waals surface area contributed by atoms with Gasteiger partial charge in [0.25, 0.3) is 0 Å². The highest BCUT2D eigenvalue weighted by Gasteiger charge is 2.16. The number of esters is 1.